The molecule has 0 amide bonds. The first-order valence-electron chi connectivity index (χ1n) is 6.76. The number of hydrogen-bond donors (Lipinski definition) is 1. The third-order valence-electron chi connectivity index (χ3n) is 4.16. The molecule has 98 valence electrons. The second-order valence-corrected chi connectivity index (χ2v) is 6.65. The molecule has 2 saturated heterocycles. The van der Waals surface area contributed by atoms with E-state index >= 15 is 0 Å². The van der Waals surface area contributed by atoms with Crippen LogP contribution in [0.1, 0.15) is 47.0 Å². The van der Waals surface area contributed by atoms with Crippen LogP contribution < -0.4 is 5.32 Å². The Hall–Kier alpha value is -0.410. The Labute approximate surface area is 104 Å². The van der Waals surface area contributed by atoms with E-state index in [1.54, 1.807) is 0 Å². The second-order valence-electron chi connectivity index (χ2n) is 6.65. The number of ether oxygens (including phenoxy) is 1. The van der Waals surface area contributed by atoms with Crippen molar-refractivity contribution in [2.24, 2.45) is 11.8 Å². The molecule has 1 N–H and O–H groups in total. The van der Waals surface area contributed by atoms with Crippen LogP contribution in [0.25, 0.3) is 0 Å². The molecule has 0 spiro atoms. The molecule has 0 aromatic rings. The van der Waals surface area contributed by atoms with Gasteiger partial charge in [-0.2, -0.15) is 0 Å². The number of nitrogens with one attached hydrogen (secondary N) is 1. The Kier molecular flexibility index (Phi) is 3.34. The van der Waals surface area contributed by atoms with Crippen LogP contribution in [0.3, 0.4) is 0 Å². The number of Topliss-reactive ketones (excluding diaryl/α,β-unsaturated/α-hetero) is 1. The van der Waals surface area contributed by atoms with Crippen LogP contribution in [0.2, 0.25) is 0 Å². The third kappa shape index (κ3) is 2.71. The molecule has 0 aliphatic carbocycles. The molecular formula is C14H25NO2. The van der Waals surface area contributed by atoms with Gasteiger partial charge in [-0.25, -0.2) is 0 Å². The van der Waals surface area contributed by atoms with Crippen LogP contribution in [0.5, 0.6) is 0 Å². The van der Waals surface area contributed by atoms with E-state index in [1.807, 2.05) is 0 Å². The zero-order valence-corrected chi connectivity index (χ0v) is 11.5. The van der Waals surface area contributed by atoms with E-state index in [0.29, 0.717) is 5.78 Å². The summed E-state index contributed by atoms with van der Waals surface area (Å²) in [5, 5.41) is 3.31. The number of rotatable bonds is 2. The highest BCUT2D eigenvalue weighted by molar-refractivity contribution is 5.85. The minimum atomic E-state index is -0.300. The summed E-state index contributed by atoms with van der Waals surface area (Å²) in [5.41, 5.74) is -0.456. The van der Waals surface area contributed by atoms with Gasteiger partial charge < -0.3 is 10.1 Å². The topological polar surface area (TPSA) is 38.3 Å². The van der Waals surface area contributed by atoms with E-state index in [4.69, 9.17) is 4.74 Å². The van der Waals surface area contributed by atoms with Crippen LogP contribution >= 0.6 is 0 Å². The first kappa shape index (κ1) is 13.0. The average molecular weight is 239 g/mol. The first-order chi connectivity index (χ1) is 7.82. The Morgan fingerprint density at radius 1 is 1.18 bits per heavy atom. The number of ketones is 1. The van der Waals surface area contributed by atoms with E-state index in [2.05, 4.69) is 33.0 Å². The Balaban J connectivity index is 2.08. The van der Waals surface area contributed by atoms with E-state index in [-0.39, 0.29) is 23.0 Å². The molecule has 0 aromatic carbocycles. The Bertz CT molecular complexity index is 303. The first-order valence-corrected chi connectivity index (χ1v) is 6.76. The quantitative estimate of drug-likeness (QED) is 0.802. The number of piperidine rings is 1. The van der Waals surface area contributed by atoms with Crippen molar-refractivity contribution in [3.05, 3.63) is 0 Å². The van der Waals surface area contributed by atoms with Gasteiger partial charge in [-0.3, -0.25) is 4.79 Å². The number of carbonyl (C=O) groups excluding carboxylic acids is 1. The van der Waals surface area contributed by atoms with Crippen molar-refractivity contribution in [3.63, 3.8) is 0 Å². The summed E-state index contributed by atoms with van der Waals surface area (Å²) in [5.74, 6) is 0.751. The molecule has 0 bridgehead atoms. The third-order valence-corrected chi connectivity index (χ3v) is 4.16. The maximum atomic E-state index is 12.6. The highest BCUT2D eigenvalue weighted by Crippen LogP contribution is 2.43. The van der Waals surface area contributed by atoms with Crippen molar-refractivity contribution in [2.75, 3.05) is 13.1 Å². The van der Waals surface area contributed by atoms with Gasteiger partial charge >= 0.3 is 0 Å². The monoisotopic (exact) mass is 239 g/mol. The van der Waals surface area contributed by atoms with Gasteiger partial charge in [0, 0.05) is 11.8 Å². The van der Waals surface area contributed by atoms with E-state index in [1.165, 1.54) is 0 Å². The van der Waals surface area contributed by atoms with Crippen LogP contribution in [-0.2, 0) is 9.53 Å². The Morgan fingerprint density at radius 3 is 2.24 bits per heavy atom. The molecule has 1 unspecified atom stereocenters. The largest absolute Gasteiger partial charge is 0.369 e. The normalized spacial score (nSPS) is 32.6. The van der Waals surface area contributed by atoms with Crippen molar-refractivity contribution < 1.29 is 9.53 Å². The maximum Gasteiger partial charge on any atom is 0.142 e. The van der Waals surface area contributed by atoms with Crippen molar-refractivity contribution in [1.82, 2.24) is 5.32 Å². The molecule has 2 fully saturated rings. The van der Waals surface area contributed by atoms with Crippen molar-refractivity contribution in [2.45, 2.75) is 58.2 Å². The fourth-order valence-electron chi connectivity index (χ4n) is 3.40. The van der Waals surface area contributed by atoms with Gasteiger partial charge in [0.25, 0.3) is 0 Å². The van der Waals surface area contributed by atoms with Gasteiger partial charge in [0.05, 0.1) is 11.2 Å². The lowest BCUT2D eigenvalue weighted by atomic mass is 9.77. The van der Waals surface area contributed by atoms with Crippen LogP contribution in [0.15, 0.2) is 0 Å². The SMILES string of the molecule is CC1(C)CC(C(=O)C2CCNCC2)C(C)(C)O1. The molecule has 3 heteroatoms. The lowest BCUT2D eigenvalue weighted by molar-refractivity contribution is -0.134. The van der Waals surface area contributed by atoms with Crippen molar-refractivity contribution in [3.8, 4) is 0 Å². The Morgan fingerprint density at radius 2 is 1.76 bits per heavy atom. The van der Waals surface area contributed by atoms with E-state index in [9.17, 15) is 4.79 Å². The van der Waals surface area contributed by atoms with E-state index < -0.39 is 0 Å². The summed E-state index contributed by atoms with van der Waals surface area (Å²) < 4.78 is 6.02. The fourth-order valence-corrected chi connectivity index (χ4v) is 3.40. The van der Waals surface area contributed by atoms with Gasteiger partial charge in [0.15, 0.2) is 0 Å². The molecule has 1 atom stereocenters. The van der Waals surface area contributed by atoms with Gasteiger partial charge in [-0.05, 0) is 60.0 Å². The zero-order valence-electron chi connectivity index (χ0n) is 11.5. The summed E-state index contributed by atoms with van der Waals surface area (Å²) in [6.07, 6.45) is 2.85. The van der Waals surface area contributed by atoms with Gasteiger partial charge in [0.1, 0.15) is 5.78 Å². The molecular weight excluding hydrogens is 214 g/mol. The second kappa shape index (κ2) is 4.36. The molecule has 2 aliphatic rings. The summed E-state index contributed by atoms with van der Waals surface area (Å²) in [6, 6.07) is 0. The highest BCUT2D eigenvalue weighted by atomic mass is 16.5. The van der Waals surface area contributed by atoms with E-state index in [0.717, 1.165) is 32.4 Å². The molecule has 3 nitrogen and oxygen atoms in total. The molecule has 2 rings (SSSR count). The van der Waals surface area contributed by atoms with Crippen molar-refractivity contribution in [1.29, 1.82) is 0 Å². The van der Waals surface area contributed by atoms with Gasteiger partial charge in [-0.1, -0.05) is 0 Å². The number of hydrogen-bond acceptors (Lipinski definition) is 3. The maximum absolute atomic E-state index is 12.6. The van der Waals surface area contributed by atoms with Gasteiger partial charge in [0.2, 0.25) is 0 Å². The minimum Gasteiger partial charge on any atom is -0.369 e. The van der Waals surface area contributed by atoms with Crippen LogP contribution in [0.4, 0.5) is 0 Å². The average Bonchev–Trinajstić information content (AvgIpc) is 2.47. The zero-order chi connectivity index (χ0) is 12.7. The molecule has 2 heterocycles. The lowest BCUT2D eigenvalue weighted by Gasteiger charge is -2.30. The standard InChI is InChI=1S/C14H25NO2/c1-13(2)9-11(14(3,4)17-13)12(16)10-5-7-15-8-6-10/h10-11,15H,5-9H2,1-4H3. The van der Waals surface area contributed by atoms with Crippen LogP contribution in [-0.4, -0.2) is 30.1 Å². The summed E-state index contributed by atoms with van der Waals surface area (Å²) >= 11 is 0. The predicted octanol–water partition coefficient (Wildman–Crippen LogP) is 2.15. The molecule has 0 radical (unpaired) electrons. The molecule has 0 saturated carbocycles. The summed E-state index contributed by atoms with van der Waals surface area (Å²) in [4.78, 5) is 12.6. The lowest BCUT2D eigenvalue weighted by Crippen LogP contribution is -2.40. The number of carbonyl (C=O) groups is 1. The molecule has 17 heavy (non-hydrogen) atoms. The highest BCUT2D eigenvalue weighted by Gasteiger charge is 2.50. The van der Waals surface area contributed by atoms with Crippen LogP contribution in [0, 0.1) is 11.8 Å². The van der Waals surface area contributed by atoms with Crippen molar-refractivity contribution >= 4 is 5.78 Å². The molecule has 0 aromatic heterocycles. The summed E-state index contributed by atoms with van der Waals surface area (Å²) in [6.45, 7) is 10.3. The van der Waals surface area contributed by atoms with Gasteiger partial charge in [-0.15, -0.1) is 0 Å². The smallest absolute Gasteiger partial charge is 0.142 e. The summed E-state index contributed by atoms with van der Waals surface area (Å²) in [7, 11) is 0. The fraction of sp³-hybridized carbons (Fsp3) is 0.929. The molecule has 2 aliphatic heterocycles. The predicted molar refractivity (Wildman–Crippen MR) is 68.0 cm³/mol. The minimum absolute atomic E-state index is 0.0700.